The summed E-state index contributed by atoms with van der Waals surface area (Å²) in [4.78, 5) is 15.7. The summed E-state index contributed by atoms with van der Waals surface area (Å²) in [5.74, 6) is -0.554. The molecule has 0 saturated carbocycles. The van der Waals surface area contributed by atoms with E-state index in [4.69, 9.17) is 5.73 Å². The highest BCUT2D eigenvalue weighted by Crippen LogP contribution is 2.24. The molecule has 18 heavy (non-hydrogen) atoms. The fraction of sp³-hybridized carbons (Fsp3) is 0.0769. The zero-order valence-electron chi connectivity index (χ0n) is 9.63. The molecule has 1 amide bonds. The molecule has 0 bridgehead atoms. The first-order chi connectivity index (χ1) is 8.68. The van der Waals surface area contributed by atoms with Crippen LogP contribution in [-0.4, -0.2) is 16.0 Å². The van der Waals surface area contributed by atoms with Gasteiger partial charge in [0.1, 0.15) is 0 Å². The van der Waals surface area contributed by atoms with Crippen LogP contribution < -0.4 is 11.1 Å². The number of phenols is 1. The Morgan fingerprint density at radius 1 is 1.28 bits per heavy atom. The zero-order valence-corrected chi connectivity index (χ0v) is 9.63. The van der Waals surface area contributed by atoms with Gasteiger partial charge in [-0.3, -0.25) is 9.78 Å². The van der Waals surface area contributed by atoms with Crippen LogP contribution in [0, 0.1) is 0 Å². The van der Waals surface area contributed by atoms with Crippen LogP contribution in [0.1, 0.15) is 15.9 Å². The Morgan fingerprint density at radius 3 is 2.72 bits per heavy atom. The number of nitrogens with zero attached hydrogens (tertiary/aromatic N) is 1. The number of nitrogen functional groups attached to an aromatic ring is 1. The first-order valence-corrected chi connectivity index (χ1v) is 5.43. The molecule has 92 valence electrons. The first kappa shape index (κ1) is 11.9. The van der Waals surface area contributed by atoms with Crippen LogP contribution in [0.2, 0.25) is 0 Å². The Morgan fingerprint density at radius 2 is 2.00 bits per heavy atom. The second-order valence-electron chi connectivity index (χ2n) is 3.78. The lowest BCUT2D eigenvalue weighted by Gasteiger charge is -2.08. The number of hydrogen-bond acceptors (Lipinski definition) is 4. The smallest absolute Gasteiger partial charge is 0.255 e. The second kappa shape index (κ2) is 5.18. The normalized spacial score (nSPS) is 10.0. The molecule has 0 saturated heterocycles. The predicted octanol–water partition coefficient (Wildman–Crippen LogP) is 1.30. The fourth-order valence-corrected chi connectivity index (χ4v) is 1.52. The Balaban J connectivity index is 2.07. The van der Waals surface area contributed by atoms with Crippen LogP contribution in [0.3, 0.4) is 0 Å². The average molecular weight is 243 g/mol. The number of aromatic nitrogens is 1. The number of rotatable bonds is 3. The number of pyridine rings is 1. The van der Waals surface area contributed by atoms with Gasteiger partial charge in [0.2, 0.25) is 0 Å². The van der Waals surface area contributed by atoms with Crippen LogP contribution in [0.25, 0.3) is 0 Å². The van der Waals surface area contributed by atoms with Gasteiger partial charge in [-0.25, -0.2) is 0 Å². The summed E-state index contributed by atoms with van der Waals surface area (Å²) in [6.45, 7) is 0.371. The summed E-state index contributed by atoms with van der Waals surface area (Å²) in [6, 6.07) is 8.29. The summed E-state index contributed by atoms with van der Waals surface area (Å²) in [5.41, 5.74) is 6.82. The minimum Gasteiger partial charge on any atom is -0.505 e. The lowest BCUT2D eigenvalue weighted by molar-refractivity contribution is 0.0948. The van der Waals surface area contributed by atoms with Crippen molar-refractivity contribution in [1.82, 2.24) is 10.3 Å². The number of carbonyl (C=O) groups is 1. The van der Waals surface area contributed by atoms with E-state index in [-0.39, 0.29) is 22.9 Å². The Hall–Kier alpha value is -2.56. The Bertz CT molecular complexity index is 555. The third kappa shape index (κ3) is 2.57. The number of amides is 1. The minimum atomic E-state index is -0.364. The third-order valence-corrected chi connectivity index (χ3v) is 2.51. The van der Waals surface area contributed by atoms with Gasteiger partial charge in [-0.1, -0.05) is 6.07 Å². The van der Waals surface area contributed by atoms with Gasteiger partial charge in [0.05, 0.1) is 11.3 Å². The molecular formula is C13H13N3O2. The number of benzene rings is 1. The molecule has 0 fully saturated rings. The van der Waals surface area contributed by atoms with Crippen molar-refractivity contribution in [3.05, 3.63) is 53.9 Å². The minimum absolute atomic E-state index is 0.170. The van der Waals surface area contributed by atoms with Gasteiger partial charge >= 0.3 is 0 Å². The summed E-state index contributed by atoms with van der Waals surface area (Å²) in [7, 11) is 0. The van der Waals surface area contributed by atoms with Crippen LogP contribution >= 0.6 is 0 Å². The van der Waals surface area contributed by atoms with Crippen LogP contribution in [0.15, 0.2) is 42.7 Å². The summed E-state index contributed by atoms with van der Waals surface area (Å²) >= 11 is 0. The van der Waals surface area contributed by atoms with E-state index < -0.39 is 0 Å². The Labute approximate surface area is 104 Å². The molecule has 1 heterocycles. The molecule has 0 aliphatic rings. The molecule has 1 aromatic carbocycles. The topological polar surface area (TPSA) is 88.2 Å². The maximum absolute atomic E-state index is 11.8. The number of phenolic OH excluding ortho intramolecular Hbond substituents is 1. The maximum atomic E-state index is 11.8. The summed E-state index contributed by atoms with van der Waals surface area (Å²) in [5, 5.41) is 12.4. The quantitative estimate of drug-likeness (QED) is 0.560. The fourth-order valence-electron chi connectivity index (χ4n) is 1.52. The van der Waals surface area contributed by atoms with Crippen molar-refractivity contribution in [3.63, 3.8) is 0 Å². The molecule has 0 radical (unpaired) electrons. The van der Waals surface area contributed by atoms with E-state index in [1.807, 2.05) is 0 Å². The van der Waals surface area contributed by atoms with Crippen molar-refractivity contribution in [2.75, 3.05) is 5.73 Å². The number of nitrogens with one attached hydrogen (secondary N) is 1. The van der Waals surface area contributed by atoms with Gasteiger partial charge in [0, 0.05) is 18.9 Å². The van der Waals surface area contributed by atoms with Crippen LogP contribution in [0.5, 0.6) is 5.75 Å². The largest absolute Gasteiger partial charge is 0.505 e. The van der Waals surface area contributed by atoms with Crippen molar-refractivity contribution >= 4 is 11.6 Å². The van der Waals surface area contributed by atoms with Gasteiger partial charge in [-0.15, -0.1) is 0 Å². The van der Waals surface area contributed by atoms with E-state index >= 15 is 0 Å². The van der Waals surface area contributed by atoms with E-state index in [9.17, 15) is 9.90 Å². The van der Waals surface area contributed by atoms with Gasteiger partial charge in [-0.2, -0.15) is 0 Å². The van der Waals surface area contributed by atoms with Crippen molar-refractivity contribution in [1.29, 1.82) is 0 Å². The van der Waals surface area contributed by atoms with Crippen LogP contribution in [0.4, 0.5) is 5.69 Å². The maximum Gasteiger partial charge on any atom is 0.255 e. The molecule has 1 aromatic heterocycles. The van der Waals surface area contributed by atoms with E-state index in [1.165, 1.54) is 12.1 Å². The van der Waals surface area contributed by atoms with Gasteiger partial charge < -0.3 is 16.2 Å². The lowest BCUT2D eigenvalue weighted by atomic mass is 10.1. The van der Waals surface area contributed by atoms with Crippen molar-refractivity contribution in [2.24, 2.45) is 0 Å². The van der Waals surface area contributed by atoms with Gasteiger partial charge in [0.25, 0.3) is 5.91 Å². The highest BCUT2D eigenvalue weighted by atomic mass is 16.3. The average Bonchev–Trinajstić information content (AvgIpc) is 2.40. The van der Waals surface area contributed by atoms with Crippen molar-refractivity contribution in [2.45, 2.75) is 6.54 Å². The number of hydrogen-bond donors (Lipinski definition) is 3. The lowest BCUT2D eigenvalue weighted by Crippen LogP contribution is -2.23. The summed E-state index contributed by atoms with van der Waals surface area (Å²) in [6.07, 6.45) is 3.30. The molecule has 5 heteroatoms. The van der Waals surface area contributed by atoms with Gasteiger partial charge in [-0.05, 0) is 29.8 Å². The molecule has 4 N–H and O–H groups in total. The van der Waals surface area contributed by atoms with Crippen molar-refractivity contribution in [3.8, 4) is 5.75 Å². The van der Waals surface area contributed by atoms with Crippen LogP contribution in [-0.2, 0) is 6.54 Å². The molecule has 0 aliphatic heterocycles. The molecule has 0 spiro atoms. The number of carbonyl (C=O) groups excluding carboxylic acids is 1. The molecule has 0 atom stereocenters. The third-order valence-electron chi connectivity index (χ3n) is 2.51. The standard InChI is InChI=1S/C13H13N3O2/c14-11-3-1-2-10(12(11)17)13(18)16-8-9-4-6-15-7-5-9/h1-7,17H,8,14H2,(H,16,18). The second-order valence-corrected chi connectivity index (χ2v) is 3.78. The molecular weight excluding hydrogens is 230 g/mol. The highest BCUT2D eigenvalue weighted by molar-refractivity contribution is 5.98. The molecule has 2 rings (SSSR count). The monoisotopic (exact) mass is 243 g/mol. The Kier molecular flexibility index (Phi) is 3.43. The molecule has 2 aromatic rings. The molecule has 0 unspecified atom stereocenters. The summed E-state index contributed by atoms with van der Waals surface area (Å²) < 4.78 is 0. The van der Waals surface area contributed by atoms with E-state index in [0.29, 0.717) is 6.54 Å². The predicted molar refractivity (Wildman–Crippen MR) is 67.9 cm³/mol. The van der Waals surface area contributed by atoms with Gasteiger partial charge in [0.15, 0.2) is 5.75 Å². The van der Waals surface area contributed by atoms with Crippen molar-refractivity contribution < 1.29 is 9.90 Å². The van der Waals surface area contributed by atoms with E-state index in [1.54, 1.807) is 30.6 Å². The highest BCUT2D eigenvalue weighted by Gasteiger charge is 2.12. The van der Waals surface area contributed by atoms with E-state index in [2.05, 4.69) is 10.3 Å². The molecule has 0 aliphatic carbocycles. The zero-order chi connectivity index (χ0) is 13.0. The number of nitrogens with two attached hydrogens (primary N) is 1. The number of aromatic hydroxyl groups is 1. The number of para-hydroxylation sites is 1. The van der Waals surface area contributed by atoms with E-state index in [0.717, 1.165) is 5.56 Å². The SMILES string of the molecule is Nc1cccc(C(=O)NCc2ccncc2)c1O. The number of anilines is 1. The molecule has 5 nitrogen and oxygen atoms in total. The first-order valence-electron chi connectivity index (χ1n) is 5.43.